The lowest BCUT2D eigenvalue weighted by atomic mass is 10.1. The summed E-state index contributed by atoms with van der Waals surface area (Å²) in [5.74, 6) is -0.0564. The van der Waals surface area contributed by atoms with Gasteiger partial charge in [-0.1, -0.05) is 18.6 Å². The minimum atomic E-state index is -3.60. The van der Waals surface area contributed by atoms with Crippen molar-refractivity contribution in [1.82, 2.24) is 14.5 Å². The topological polar surface area (TPSA) is 105 Å². The fraction of sp³-hybridized carbons (Fsp3) is 0.250. The van der Waals surface area contributed by atoms with E-state index in [0.717, 1.165) is 19.3 Å². The Labute approximate surface area is 168 Å². The number of hydrogen-bond donors (Lipinski definition) is 1. The summed E-state index contributed by atoms with van der Waals surface area (Å²) in [7, 11) is -3.60. The number of nitrogens with zero attached hydrogens (tertiary/aromatic N) is 3. The maximum atomic E-state index is 12.9. The van der Waals surface area contributed by atoms with Gasteiger partial charge in [0.2, 0.25) is 22.3 Å². The van der Waals surface area contributed by atoms with Crippen molar-refractivity contribution in [2.75, 3.05) is 18.4 Å². The highest BCUT2D eigenvalue weighted by atomic mass is 32.2. The summed E-state index contributed by atoms with van der Waals surface area (Å²) in [6.07, 6.45) is 3.98. The zero-order valence-electron chi connectivity index (χ0n) is 15.6. The summed E-state index contributed by atoms with van der Waals surface area (Å²) in [6, 6.07) is 13.1. The van der Waals surface area contributed by atoms with E-state index >= 15 is 0 Å². The van der Waals surface area contributed by atoms with Gasteiger partial charge in [-0.25, -0.2) is 8.42 Å². The maximum Gasteiger partial charge on any atom is 0.255 e. The van der Waals surface area contributed by atoms with Crippen molar-refractivity contribution in [3.63, 3.8) is 0 Å². The van der Waals surface area contributed by atoms with Gasteiger partial charge in [0.1, 0.15) is 0 Å². The number of sulfonamides is 1. The molecule has 0 unspecified atom stereocenters. The molecule has 8 nitrogen and oxygen atoms in total. The Balaban J connectivity index is 1.54. The van der Waals surface area contributed by atoms with Crippen molar-refractivity contribution in [2.45, 2.75) is 24.2 Å². The Morgan fingerprint density at radius 1 is 1.03 bits per heavy atom. The van der Waals surface area contributed by atoms with Crippen molar-refractivity contribution >= 4 is 21.6 Å². The fourth-order valence-electron chi connectivity index (χ4n) is 3.28. The third-order valence-corrected chi connectivity index (χ3v) is 6.67. The third kappa shape index (κ3) is 4.20. The molecule has 3 aromatic rings. The van der Waals surface area contributed by atoms with E-state index in [1.807, 2.05) is 0 Å². The fourth-order valence-corrected chi connectivity index (χ4v) is 4.85. The molecule has 0 aliphatic carbocycles. The summed E-state index contributed by atoms with van der Waals surface area (Å²) in [5, 5.41) is 10.3. The van der Waals surface area contributed by atoms with Crippen molar-refractivity contribution in [3.8, 4) is 11.5 Å². The molecule has 1 aromatic heterocycles. The molecule has 0 spiro atoms. The van der Waals surface area contributed by atoms with Gasteiger partial charge in [-0.05, 0) is 49.2 Å². The van der Waals surface area contributed by atoms with Crippen LogP contribution < -0.4 is 5.32 Å². The molecule has 1 N–H and O–H groups in total. The summed E-state index contributed by atoms with van der Waals surface area (Å²) in [4.78, 5) is 12.8. The Morgan fingerprint density at radius 3 is 2.59 bits per heavy atom. The quantitative estimate of drug-likeness (QED) is 0.690. The molecular weight excluding hydrogens is 392 g/mol. The van der Waals surface area contributed by atoms with Gasteiger partial charge in [0, 0.05) is 29.9 Å². The summed E-state index contributed by atoms with van der Waals surface area (Å²) in [5.41, 5.74) is 1.47. The summed E-state index contributed by atoms with van der Waals surface area (Å²) >= 11 is 0. The van der Waals surface area contributed by atoms with Gasteiger partial charge in [0.25, 0.3) is 5.91 Å². The first-order valence-electron chi connectivity index (χ1n) is 9.32. The van der Waals surface area contributed by atoms with E-state index in [1.54, 1.807) is 36.4 Å². The second-order valence-corrected chi connectivity index (χ2v) is 8.71. The van der Waals surface area contributed by atoms with E-state index < -0.39 is 15.9 Å². The average Bonchev–Trinajstić information content (AvgIpc) is 3.30. The van der Waals surface area contributed by atoms with E-state index in [-0.39, 0.29) is 10.5 Å². The van der Waals surface area contributed by atoms with E-state index in [1.165, 1.54) is 22.8 Å². The van der Waals surface area contributed by atoms with Crippen molar-refractivity contribution in [1.29, 1.82) is 0 Å². The van der Waals surface area contributed by atoms with E-state index in [4.69, 9.17) is 4.42 Å². The van der Waals surface area contributed by atoms with Crippen LogP contribution >= 0.6 is 0 Å². The normalized spacial score (nSPS) is 15.2. The Kier molecular flexibility index (Phi) is 5.41. The van der Waals surface area contributed by atoms with Crippen LogP contribution in [0.25, 0.3) is 11.5 Å². The highest BCUT2D eigenvalue weighted by Gasteiger charge is 2.26. The van der Waals surface area contributed by atoms with E-state index in [0.29, 0.717) is 30.2 Å². The number of benzene rings is 2. The number of amides is 1. The number of anilines is 1. The molecule has 0 saturated carbocycles. The second kappa shape index (κ2) is 8.14. The lowest BCUT2D eigenvalue weighted by Crippen LogP contribution is -2.35. The van der Waals surface area contributed by atoms with Crippen molar-refractivity contribution in [2.24, 2.45) is 0 Å². The molecule has 2 aromatic carbocycles. The summed E-state index contributed by atoms with van der Waals surface area (Å²) < 4.78 is 32.4. The molecule has 29 heavy (non-hydrogen) atoms. The van der Waals surface area contributed by atoms with Crippen LogP contribution in [0.4, 0.5) is 5.69 Å². The first-order chi connectivity index (χ1) is 14.0. The van der Waals surface area contributed by atoms with Crippen molar-refractivity contribution < 1.29 is 17.6 Å². The molecule has 2 heterocycles. The minimum Gasteiger partial charge on any atom is -0.423 e. The molecule has 1 amide bonds. The first kappa shape index (κ1) is 19.3. The largest absolute Gasteiger partial charge is 0.423 e. The number of carbonyl (C=O) groups excluding carboxylic acids is 1. The predicted molar refractivity (Wildman–Crippen MR) is 107 cm³/mol. The van der Waals surface area contributed by atoms with Crippen LogP contribution in [-0.4, -0.2) is 41.9 Å². The molecular formula is C20H20N4O4S. The van der Waals surface area contributed by atoms with Gasteiger partial charge in [-0.3, -0.25) is 4.79 Å². The number of piperidine rings is 1. The molecule has 1 saturated heterocycles. The molecule has 4 rings (SSSR count). The molecule has 0 radical (unpaired) electrons. The van der Waals surface area contributed by atoms with Gasteiger partial charge in [-0.15, -0.1) is 10.2 Å². The van der Waals surface area contributed by atoms with E-state index in [2.05, 4.69) is 15.5 Å². The zero-order valence-corrected chi connectivity index (χ0v) is 16.4. The lowest BCUT2D eigenvalue weighted by molar-refractivity contribution is 0.102. The number of rotatable bonds is 5. The molecule has 1 aliphatic rings. The monoisotopic (exact) mass is 412 g/mol. The Bertz CT molecular complexity index is 1110. The number of hydrogen-bond acceptors (Lipinski definition) is 6. The van der Waals surface area contributed by atoms with Gasteiger partial charge in [-0.2, -0.15) is 4.31 Å². The van der Waals surface area contributed by atoms with E-state index in [9.17, 15) is 13.2 Å². The average molecular weight is 412 g/mol. The van der Waals surface area contributed by atoms with Crippen LogP contribution in [0.3, 0.4) is 0 Å². The lowest BCUT2D eigenvalue weighted by Gasteiger charge is -2.26. The Hall–Kier alpha value is -3.04. The number of aromatic nitrogens is 2. The smallest absolute Gasteiger partial charge is 0.255 e. The van der Waals surface area contributed by atoms with Gasteiger partial charge >= 0.3 is 0 Å². The van der Waals surface area contributed by atoms with Crippen LogP contribution in [0.1, 0.15) is 29.6 Å². The van der Waals surface area contributed by atoms with Crippen LogP contribution in [0.15, 0.2) is 64.2 Å². The molecule has 0 atom stereocenters. The second-order valence-electron chi connectivity index (χ2n) is 6.77. The first-order valence-corrected chi connectivity index (χ1v) is 10.8. The molecule has 9 heteroatoms. The highest BCUT2D eigenvalue weighted by molar-refractivity contribution is 7.89. The number of nitrogens with one attached hydrogen (secondary N) is 1. The van der Waals surface area contributed by atoms with Crippen LogP contribution in [-0.2, 0) is 10.0 Å². The van der Waals surface area contributed by atoms with Crippen LogP contribution in [0.5, 0.6) is 0 Å². The maximum absolute atomic E-state index is 12.9. The number of carbonyl (C=O) groups is 1. The molecule has 0 bridgehead atoms. The van der Waals surface area contributed by atoms with Crippen LogP contribution in [0, 0.1) is 0 Å². The highest BCUT2D eigenvalue weighted by Crippen LogP contribution is 2.23. The summed E-state index contributed by atoms with van der Waals surface area (Å²) in [6.45, 7) is 1.03. The molecule has 1 aliphatic heterocycles. The zero-order chi connectivity index (χ0) is 20.3. The Morgan fingerprint density at radius 2 is 1.83 bits per heavy atom. The standard InChI is InChI=1S/C20H20N4O4S/c25-19(22-17-8-4-7-16(12-17)20-23-21-14-28-20)15-6-5-9-18(13-15)29(26,27)24-10-2-1-3-11-24/h4-9,12-14H,1-3,10-11H2,(H,22,25). The SMILES string of the molecule is O=C(Nc1cccc(-c2nnco2)c1)c1cccc(S(=O)(=O)N2CCCCC2)c1. The van der Waals surface area contributed by atoms with Gasteiger partial charge < -0.3 is 9.73 Å². The van der Waals surface area contributed by atoms with Gasteiger partial charge in [0.05, 0.1) is 4.90 Å². The predicted octanol–water partition coefficient (Wildman–Crippen LogP) is 3.16. The minimum absolute atomic E-state index is 0.131. The molecule has 150 valence electrons. The van der Waals surface area contributed by atoms with Crippen molar-refractivity contribution in [3.05, 3.63) is 60.5 Å². The van der Waals surface area contributed by atoms with Gasteiger partial charge in [0.15, 0.2) is 0 Å². The third-order valence-electron chi connectivity index (χ3n) is 4.78. The van der Waals surface area contributed by atoms with Crippen LogP contribution in [0.2, 0.25) is 0 Å². The molecule has 1 fully saturated rings.